The molecule has 80 valence electrons. The Morgan fingerprint density at radius 2 is 2.19 bits per heavy atom. The van der Waals surface area contributed by atoms with Crippen LogP contribution in [0.4, 0.5) is 0 Å². The van der Waals surface area contributed by atoms with Crippen LogP contribution in [0.1, 0.15) is 23.0 Å². The molecule has 0 saturated carbocycles. The fourth-order valence-corrected chi connectivity index (χ4v) is 1.60. The van der Waals surface area contributed by atoms with Crippen LogP contribution in [0, 0.1) is 0 Å². The lowest BCUT2D eigenvalue weighted by atomic mass is 10.1. The number of aldehydes is 1. The Morgan fingerprint density at radius 1 is 1.38 bits per heavy atom. The van der Waals surface area contributed by atoms with Gasteiger partial charge < -0.3 is 4.42 Å². The summed E-state index contributed by atoms with van der Waals surface area (Å²) < 4.78 is 5.46. The SMILES string of the molecule is CC(=O)c1cccc2oc(C=CC=O)cc12. The lowest BCUT2D eigenvalue weighted by Crippen LogP contribution is -1.90. The first-order valence-electron chi connectivity index (χ1n) is 4.87. The van der Waals surface area contributed by atoms with Crippen LogP contribution in [0.2, 0.25) is 0 Å². The summed E-state index contributed by atoms with van der Waals surface area (Å²) in [5, 5.41) is 0.778. The predicted octanol–water partition coefficient (Wildman–Crippen LogP) is 2.85. The predicted molar refractivity (Wildman–Crippen MR) is 61.3 cm³/mol. The number of ketones is 1. The summed E-state index contributed by atoms with van der Waals surface area (Å²) in [7, 11) is 0. The number of carbonyl (C=O) groups excluding carboxylic acids is 2. The Hall–Kier alpha value is -2.16. The van der Waals surface area contributed by atoms with Gasteiger partial charge in [0.1, 0.15) is 17.6 Å². The molecule has 0 saturated heterocycles. The zero-order valence-corrected chi connectivity index (χ0v) is 8.77. The molecule has 0 aliphatic carbocycles. The average molecular weight is 214 g/mol. The highest BCUT2D eigenvalue weighted by Gasteiger charge is 2.08. The number of allylic oxidation sites excluding steroid dienone is 1. The van der Waals surface area contributed by atoms with Gasteiger partial charge in [0.05, 0.1) is 0 Å². The Balaban J connectivity index is 2.61. The van der Waals surface area contributed by atoms with Crippen molar-refractivity contribution in [3.8, 4) is 0 Å². The van der Waals surface area contributed by atoms with Gasteiger partial charge in [-0.15, -0.1) is 0 Å². The third kappa shape index (κ3) is 1.80. The molecule has 0 N–H and O–H groups in total. The zero-order valence-electron chi connectivity index (χ0n) is 8.77. The maximum Gasteiger partial charge on any atom is 0.160 e. The third-order valence-electron chi connectivity index (χ3n) is 2.30. The topological polar surface area (TPSA) is 47.3 Å². The molecular weight excluding hydrogens is 204 g/mol. The van der Waals surface area contributed by atoms with Gasteiger partial charge in [0.15, 0.2) is 5.78 Å². The normalized spacial score (nSPS) is 11.1. The summed E-state index contributed by atoms with van der Waals surface area (Å²) in [4.78, 5) is 21.6. The summed E-state index contributed by atoms with van der Waals surface area (Å²) >= 11 is 0. The van der Waals surface area contributed by atoms with Gasteiger partial charge in [0, 0.05) is 10.9 Å². The summed E-state index contributed by atoms with van der Waals surface area (Å²) in [6, 6.07) is 7.08. The van der Waals surface area contributed by atoms with E-state index in [0.717, 1.165) is 5.39 Å². The van der Waals surface area contributed by atoms with Gasteiger partial charge in [-0.3, -0.25) is 9.59 Å². The maximum atomic E-state index is 11.4. The van der Waals surface area contributed by atoms with Crippen molar-refractivity contribution in [2.24, 2.45) is 0 Å². The summed E-state index contributed by atoms with van der Waals surface area (Å²) in [5.74, 6) is 0.563. The highest BCUT2D eigenvalue weighted by atomic mass is 16.3. The number of Topliss-reactive ketones (excluding diaryl/α,β-unsaturated/α-hetero) is 1. The van der Waals surface area contributed by atoms with Crippen LogP contribution in [0.3, 0.4) is 0 Å². The highest BCUT2D eigenvalue weighted by molar-refractivity contribution is 6.06. The first-order chi connectivity index (χ1) is 7.72. The van der Waals surface area contributed by atoms with Crippen LogP contribution >= 0.6 is 0 Å². The molecule has 0 bridgehead atoms. The first kappa shape index (κ1) is 10.4. The van der Waals surface area contributed by atoms with Gasteiger partial charge in [-0.1, -0.05) is 12.1 Å². The number of hydrogen-bond donors (Lipinski definition) is 0. The lowest BCUT2D eigenvalue weighted by molar-refractivity contribution is -0.104. The lowest BCUT2D eigenvalue weighted by Gasteiger charge is -1.94. The van der Waals surface area contributed by atoms with Crippen molar-refractivity contribution in [1.29, 1.82) is 0 Å². The summed E-state index contributed by atoms with van der Waals surface area (Å²) in [6.07, 6.45) is 3.60. The van der Waals surface area contributed by atoms with Crippen LogP contribution in [-0.2, 0) is 4.79 Å². The van der Waals surface area contributed by atoms with Crippen LogP contribution < -0.4 is 0 Å². The summed E-state index contributed by atoms with van der Waals surface area (Å²) in [6.45, 7) is 1.52. The molecule has 0 aliphatic rings. The van der Waals surface area contributed by atoms with Gasteiger partial charge in [-0.05, 0) is 31.2 Å². The quantitative estimate of drug-likeness (QED) is 0.448. The Bertz CT molecular complexity index is 576. The molecule has 2 rings (SSSR count). The number of carbonyl (C=O) groups is 2. The van der Waals surface area contributed by atoms with Crippen molar-refractivity contribution < 1.29 is 14.0 Å². The van der Waals surface area contributed by atoms with Crippen molar-refractivity contribution in [1.82, 2.24) is 0 Å². The van der Waals surface area contributed by atoms with Crippen LogP contribution in [0.5, 0.6) is 0 Å². The van der Waals surface area contributed by atoms with E-state index < -0.39 is 0 Å². The van der Waals surface area contributed by atoms with E-state index in [4.69, 9.17) is 4.42 Å². The van der Waals surface area contributed by atoms with Crippen molar-refractivity contribution in [2.75, 3.05) is 0 Å². The van der Waals surface area contributed by atoms with E-state index in [1.807, 2.05) is 0 Å². The fraction of sp³-hybridized carbons (Fsp3) is 0.0769. The van der Waals surface area contributed by atoms with Crippen LogP contribution in [0.15, 0.2) is 34.8 Å². The van der Waals surface area contributed by atoms with Crippen molar-refractivity contribution in [2.45, 2.75) is 6.92 Å². The van der Waals surface area contributed by atoms with Gasteiger partial charge in [0.25, 0.3) is 0 Å². The third-order valence-corrected chi connectivity index (χ3v) is 2.30. The molecule has 0 atom stereocenters. The van der Waals surface area contributed by atoms with Gasteiger partial charge in [-0.25, -0.2) is 0 Å². The van der Waals surface area contributed by atoms with E-state index >= 15 is 0 Å². The van der Waals surface area contributed by atoms with Crippen molar-refractivity contribution >= 4 is 29.1 Å². The van der Waals surface area contributed by atoms with Crippen LogP contribution in [0.25, 0.3) is 17.0 Å². The van der Waals surface area contributed by atoms with Gasteiger partial charge in [0.2, 0.25) is 0 Å². The summed E-state index contributed by atoms with van der Waals surface area (Å²) in [5.41, 5.74) is 1.28. The molecule has 1 aromatic carbocycles. The monoisotopic (exact) mass is 214 g/mol. The largest absolute Gasteiger partial charge is 0.457 e. The number of furan rings is 1. The van der Waals surface area contributed by atoms with Crippen LogP contribution in [-0.4, -0.2) is 12.1 Å². The molecule has 3 nitrogen and oxygen atoms in total. The second-order valence-electron chi connectivity index (χ2n) is 3.42. The minimum Gasteiger partial charge on any atom is -0.457 e. The fourth-order valence-electron chi connectivity index (χ4n) is 1.60. The Labute approximate surface area is 92.4 Å². The maximum absolute atomic E-state index is 11.4. The molecule has 1 heterocycles. The van der Waals surface area contributed by atoms with Crippen molar-refractivity contribution in [3.63, 3.8) is 0 Å². The van der Waals surface area contributed by atoms with E-state index in [1.165, 1.54) is 13.0 Å². The van der Waals surface area contributed by atoms with E-state index in [0.29, 0.717) is 23.2 Å². The zero-order chi connectivity index (χ0) is 11.5. The van der Waals surface area contributed by atoms with E-state index in [2.05, 4.69) is 0 Å². The molecule has 0 aliphatic heterocycles. The Kier molecular flexibility index (Phi) is 2.68. The second-order valence-corrected chi connectivity index (χ2v) is 3.42. The molecule has 0 spiro atoms. The average Bonchev–Trinajstić information content (AvgIpc) is 2.68. The minimum absolute atomic E-state index is 0.00248. The molecular formula is C13H10O3. The standard InChI is InChI=1S/C13H10O3/c1-9(15)11-5-2-6-13-12(11)8-10(16-13)4-3-7-14/h2-8H,1H3. The molecule has 0 radical (unpaired) electrons. The number of rotatable bonds is 3. The minimum atomic E-state index is -0.00248. The molecule has 1 aromatic heterocycles. The number of benzene rings is 1. The Morgan fingerprint density at radius 3 is 2.88 bits per heavy atom. The highest BCUT2D eigenvalue weighted by Crippen LogP contribution is 2.24. The molecule has 0 amide bonds. The smallest absolute Gasteiger partial charge is 0.160 e. The van der Waals surface area contributed by atoms with E-state index in [1.54, 1.807) is 30.3 Å². The van der Waals surface area contributed by atoms with Crippen molar-refractivity contribution in [3.05, 3.63) is 41.7 Å². The first-order valence-corrected chi connectivity index (χ1v) is 4.87. The molecule has 16 heavy (non-hydrogen) atoms. The number of hydrogen-bond acceptors (Lipinski definition) is 3. The molecule has 2 aromatic rings. The second kappa shape index (κ2) is 4.14. The van der Waals surface area contributed by atoms with Gasteiger partial charge in [-0.2, -0.15) is 0 Å². The van der Waals surface area contributed by atoms with E-state index in [-0.39, 0.29) is 5.78 Å². The van der Waals surface area contributed by atoms with E-state index in [9.17, 15) is 9.59 Å². The molecule has 3 heteroatoms. The molecule has 0 fully saturated rings. The molecule has 0 unspecified atom stereocenters. The van der Waals surface area contributed by atoms with Gasteiger partial charge >= 0.3 is 0 Å². The number of fused-ring (bicyclic) bond motifs is 1.